The Morgan fingerprint density at radius 1 is 1.08 bits per heavy atom. The second kappa shape index (κ2) is 2.17. The standard InChI is InChI=1S/C10H7NS/c1-2-8-4-5-10-11(8)9(3-1)6-7-12-10/h1-7H. The number of nitrogens with zero attached hydrogens (tertiary/aromatic N) is 1. The van der Waals surface area contributed by atoms with E-state index in [4.69, 9.17) is 0 Å². The van der Waals surface area contributed by atoms with Crippen LogP contribution < -0.4 is 0 Å². The number of aromatic nitrogens is 1. The monoisotopic (exact) mass is 173 g/mol. The molecule has 0 fully saturated rings. The van der Waals surface area contributed by atoms with Crippen molar-refractivity contribution < 1.29 is 0 Å². The Kier molecular flexibility index (Phi) is 1.15. The minimum absolute atomic E-state index is 1.27. The van der Waals surface area contributed by atoms with E-state index in [0.717, 1.165) is 0 Å². The van der Waals surface area contributed by atoms with E-state index in [1.54, 1.807) is 11.8 Å². The maximum Gasteiger partial charge on any atom is 0.0841 e. The van der Waals surface area contributed by atoms with Crippen LogP contribution in [-0.2, 0) is 0 Å². The third-order valence-electron chi connectivity index (χ3n) is 2.10. The Hall–Kier alpha value is -1.15. The van der Waals surface area contributed by atoms with Gasteiger partial charge in [0.15, 0.2) is 0 Å². The number of thioether (sulfide) groups is 1. The number of hydrogen-bond acceptors (Lipinski definition) is 1. The van der Waals surface area contributed by atoms with Gasteiger partial charge in [-0.2, -0.15) is 0 Å². The molecule has 0 saturated heterocycles. The Morgan fingerprint density at radius 2 is 2.08 bits per heavy atom. The molecule has 0 unspecified atom stereocenters. The van der Waals surface area contributed by atoms with Gasteiger partial charge in [-0.3, -0.25) is 0 Å². The van der Waals surface area contributed by atoms with Crippen molar-refractivity contribution in [2.75, 3.05) is 0 Å². The lowest BCUT2D eigenvalue weighted by molar-refractivity contribution is 1.03. The minimum atomic E-state index is 1.27. The molecule has 0 bridgehead atoms. The summed E-state index contributed by atoms with van der Waals surface area (Å²) >= 11 is 1.77. The maximum absolute atomic E-state index is 2.27. The highest BCUT2D eigenvalue weighted by molar-refractivity contribution is 8.02. The highest BCUT2D eigenvalue weighted by atomic mass is 32.2. The first-order valence-electron chi connectivity index (χ1n) is 3.89. The third kappa shape index (κ3) is 0.703. The van der Waals surface area contributed by atoms with Crippen molar-refractivity contribution >= 4 is 23.4 Å². The average molecular weight is 173 g/mol. The molecular formula is C10H7NS. The zero-order valence-electron chi connectivity index (χ0n) is 6.40. The molecule has 2 aromatic heterocycles. The van der Waals surface area contributed by atoms with Gasteiger partial charge in [-0.1, -0.05) is 17.8 Å². The van der Waals surface area contributed by atoms with Crippen LogP contribution in [0.3, 0.4) is 0 Å². The SMILES string of the molecule is C1=Cc2cccc3ccc(n23)S1. The van der Waals surface area contributed by atoms with Gasteiger partial charge in [0.05, 0.1) is 5.03 Å². The predicted molar refractivity (Wildman–Crippen MR) is 52.3 cm³/mol. The highest BCUT2D eigenvalue weighted by Crippen LogP contribution is 2.29. The number of rotatable bonds is 0. The lowest BCUT2D eigenvalue weighted by atomic mass is 10.3. The fraction of sp³-hybridized carbons (Fsp3) is 0. The summed E-state index contributed by atoms with van der Waals surface area (Å²) < 4.78 is 2.27. The smallest absolute Gasteiger partial charge is 0.0841 e. The van der Waals surface area contributed by atoms with Gasteiger partial charge >= 0.3 is 0 Å². The summed E-state index contributed by atoms with van der Waals surface area (Å²) in [6.45, 7) is 0. The molecular weight excluding hydrogens is 166 g/mol. The predicted octanol–water partition coefficient (Wildman–Crippen LogP) is 3.02. The van der Waals surface area contributed by atoms with E-state index in [1.807, 2.05) is 0 Å². The van der Waals surface area contributed by atoms with Crippen LogP contribution >= 0.6 is 11.8 Å². The van der Waals surface area contributed by atoms with E-state index in [-0.39, 0.29) is 0 Å². The van der Waals surface area contributed by atoms with Gasteiger partial charge in [0.25, 0.3) is 0 Å². The van der Waals surface area contributed by atoms with Crippen molar-refractivity contribution in [1.29, 1.82) is 0 Å². The third-order valence-corrected chi connectivity index (χ3v) is 2.93. The van der Waals surface area contributed by atoms with Crippen LogP contribution in [-0.4, -0.2) is 4.40 Å². The van der Waals surface area contributed by atoms with Crippen molar-refractivity contribution in [1.82, 2.24) is 4.40 Å². The van der Waals surface area contributed by atoms with Gasteiger partial charge in [0, 0.05) is 11.2 Å². The van der Waals surface area contributed by atoms with Crippen LogP contribution in [0.25, 0.3) is 11.6 Å². The van der Waals surface area contributed by atoms with Gasteiger partial charge in [-0.05, 0) is 35.7 Å². The molecule has 58 valence electrons. The molecule has 0 amide bonds. The fourth-order valence-electron chi connectivity index (χ4n) is 1.55. The summed E-state index contributed by atoms with van der Waals surface area (Å²) in [6.07, 6.45) is 2.14. The van der Waals surface area contributed by atoms with E-state index in [1.165, 1.54) is 16.2 Å². The Balaban J connectivity index is 2.57. The van der Waals surface area contributed by atoms with E-state index in [2.05, 4.69) is 46.2 Å². The van der Waals surface area contributed by atoms with Crippen LogP contribution in [0.15, 0.2) is 40.8 Å². The van der Waals surface area contributed by atoms with Gasteiger partial charge in [-0.25, -0.2) is 0 Å². The molecule has 0 spiro atoms. The summed E-state index contributed by atoms with van der Waals surface area (Å²) in [5.74, 6) is 0. The quantitative estimate of drug-likeness (QED) is 0.592. The lowest BCUT2D eigenvalue weighted by Crippen LogP contribution is -1.93. The van der Waals surface area contributed by atoms with Crippen LogP contribution in [0.5, 0.6) is 0 Å². The molecule has 12 heavy (non-hydrogen) atoms. The number of pyridine rings is 1. The molecule has 0 aliphatic carbocycles. The normalized spacial score (nSPS) is 14.0. The Labute approximate surface area is 74.7 Å². The first-order valence-corrected chi connectivity index (χ1v) is 4.77. The van der Waals surface area contributed by atoms with E-state index in [9.17, 15) is 0 Å². The zero-order valence-corrected chi connectivity index (χ0v) is 7.21. The van der Waals surface area contributed by atoms with Crippen LogP contribution in [0.1, 0.15) is 5.69 Å². The largest absolute Gasteiger partial charge is 0.305 e. The van der Waals surface area contributed by atoms with Crippen LogP contribution in [0, 0.1) is 0 Å². The van der Waals surface area contributed by atoms with E-state index in [0.29, 0.717) is 0 Å². The molecule has 0 radical (unpaired) electrons. The molecule has 0 aromatic carbocycles. The first-order chi connectivity index (χ1) is 5.95. The Morgan fingerprint density at radius 3 is 3.08 bits per heavy atom. The second-order valence-corrected chi connectivity index (χ2v) is 3.73. The molecule has 0 N–H and O–H groups in total. The molecule has 3 rings (SSSR count). The summed E-state index contributed by atoms with van der Waals surface area (Å²) in [5, 5.41) is 3.44. The minimum Gasteiger partial charge on any atom is -0.305 e. The molecule has 2 aromatic rings. The highest BCUT2D eigenvalue weighted by Gasteiger charge is 2.06. The molecule has 1 aliphatic heterocycles. The van der Waals surface area contributed by atoms with Crippen molar-refractivity contribution in [3.63, 3.8) is 0 Å². The maximum atomic E-state index is 2.27. The second-order valence-electron chi connectivity index (χ2n) is 2.80. The molecule has 2 heteroatoms. The topological polar surface area (TPSA) is 4.41 Å². The average Bonchev–Trinajstić information content (AvgIpc) is 2.52. The van der Waals surface area contributed by atoms with Gasteiger partial charge in [0.1, 0.15) is 0 Å². The van der Waals surface area contributed by atoms with Crippen molar-refractivity contribution in [3.8, 4) is 0 Å². The lowest BCUT2D eigenvalue weighted by Gasteiger charge is -2.08. The Bertz CT molecular complexity index is 468. The van der Waals surface area contributed by atoms with Crippen LogP contribution in [0.4, 0.5) is 0 Å². The summed E-state index contributed by atoms with van der Waals surface area (Å²) in [7, 11) is 0. The van der Waals surface area contributed by atoms with Crippen molar-refractivity contribution in [3.05, 3.63) is 41.4 Å². The van der Waals surface area contributed by atoms with Gasteiger partial charge < -0.3 is 4.40 Å². The molecule has 1 nitrogen and oxygen atoms in total. The van der Waals surface area contributed by atoms with Gasteiger partial charge in [-0.15, -0.1) is 0 Å². The summed E-state index contributed by atoms with van der Waals surface area (Å²) in [4.78, 5) is 0. The molecule has 3 heterocycles. The fourth-order valence-corrected chi connectivity index (χ4v) is 2.36. The first kappa shape index (κ1) is 6.38. The zero-order chi connectivity index (χ0) is 7.97. The molecule has 0 atom stereocenters. The van der Waals surface area contributed by atoms with Crippen molar-refractivity contribution in [2.45, 2.75) is 5.03 Å². The van der Waals surface area contributed by atoms with Gasteiger partial charge in [0.2, 0.25) is 0 Å². The van der Waals surface area contributed by atoms with Crippen molar-refractivity contribution in [2.24, 2.45) is 0 Å². The summed E-state index contributed by atoms with van der Waals surface area (Å²) in [6, 6.07) is 10.7. The number of hydrogen-bond donors (Lipinski definition) is 0. The van der Waals surface area contributed by atoms with Crippen LogP contribution in [0.2, 0.25) is 0 Å². The molecule has 0 saturated carbocycles. The molecule has 1 aliphatic rings. The van der Waals surface area contributed by atoms with E-state index >= 15 is 0 Å². The van der Waals surface area contributed by atoms with E-state index < -0.39 is 0 Å². The summed E-state index contributed by atoms with van der Waals surface area (Å²) in [5.41, 5.74) is 2.55.